The zero-order chi connectivity index (χ0) is 10.1. The molecule has 3 nitrogen and oxygen atoms in total. The van der Waals surface area contributed by atoms with Gasteiger partial charge in [0.15, 0.2) is 0 Å². The van der Waals surface area contributed by atoms with E-state index in [4.69, 9.17) is 12.8 Å². The lowest BCUT2D eigenvalue weighted by atomic mass is 10.2. The highest BCUT2D eigenvalue weighted by Gasteiger charge is 2.05. The summed E-state index contributed by atoms with van der Waals surface area (Å²) in [5.74, 6) is 4.72. The van der Waals surface area contributed by atoms with Gasteiger partial charge >= 0.3 is 0 Å². The number of nitrogens with one attached hydrogen (secondary N) is 2. The molecule has 3 heteroatoms. The fourth-order valence-corrected chi connectivity index (χ4v) is 0.755. The molecular formula is C10H14N2O. The molecule has 0 aromatic rings. The third-order valence-electron chi connectivity index (χ3n) is 1.46. The van der Waals surface area contributed by atoms with Gasteiger partial charge in [0.1, 0.15) is 0 Å². The quantitative estimate of drug-likeness (QED) is 0.450. The van der Waals surface area contributed by atoms with Crippen LogP contribution in [0.1, 0.15) is 13.3 Å². The van der Waals surface area contributed by atoms with E-state index in [-0.39, 0.29) is 18.5 Å². The van der Waals surface area contributed by atoms with Gasteiger partial charge in [-0.1, -0.05) is 18.8 Å². The van der Waals surface area contributed by atoms with Crippen LogP contribution in [0.15, 0.2) is 0 Å². The summed E-state index contributed by atoms with van der Waals surface area (Å²) < 4.78 is 0. The SMILES string of the molecule is C#CCNCC(=O)NC(C#C)CC. The van der Waals surface area contributed by atoms with Gasteiger partial charge in [0.05, 0.1) is 19.1 Å². The molecule has 1 unspecified atom stereocenters. The zero-order valence-corrected chi connectivity index (χ0v) is 7.76. The molecule has 1 amide bonds. The van der Waals surface area contributed by atoms with Crippen LogP contribution in [0, 0.1) is 24.7 Å². The van der Waals surface area contributed by atoms with Crippen molar-refractivity contribution < 1.29 is 4.79 Å². The molecule has 0 saturated carbocycles. The van der Waals surface area contributed by atoms with Crippen LogP contribution in [0.5, 0.6) is 0 Å². The molecule has 0 heterocycles. The van der Waals surface area contributed by atoms with E-state index in [2.05, 4.69) is 22.5 Å². The zero-order valence-electron chi connectivity index (χ0n) is 7.76. The number of amides is 1. The van der Waals surface area contributed by atoms with E-state index in [1.807, 2.05) is 6.92 Å². The van der Waals surface area contributed by atoms with Crippen LogP contribution in [0.4, 0.5) is 0 Å². The smallest absolute Gasteiger partial charge is 0.234 e. The summed E-state index contributed by atoms with van der Waals surface area (Å²) in [5.41, 5.74) is 0. The number of rotatable bonds is 5. The standard InChI is InChI=1S/C10H14N2O/c1-4-7-11-8-10(13)12-9(5-2)6-3/h1-2,9,11H,6-8H2,3H3,(H,12,13). The first kappa shape index (κ1) is 11.6. The Kier molecular flexibility index (Phi) is 6.41. The van der Waals surface area contributed by atoms with Gasteiger partial charge in [-0.2, -0.15) is 0 Å². The first-order valence-corrected chi connectivity index (χ1v) is 4.14. The number of hydrogen-bond acceptors (Lipinski definition) is 2. The monoisotopic (exact) mass is 178 g/mol. The maximum Gasteiger partial charge on any atom is 0.234 e. The van der Waals surface area contributed by atoms with Crippen LogP contribution in [0.2, 0.25) is 0 Å². The van der Waals surface area contributed by atoms with Gasteiger partial charge in [-0.3, -0.25) is 10.1 Å². The molecule has 0 radical (unpaired) electrons. The molecule has 0 aromatic heterocycles. The van der Waals surface area contributed by atoms with Crippen LogP contribution < -0.4 is 10.6 Å². The summed E-state index contributed by atoms with van der Waals surface area (Å²) in [7, 11) is 0. The van der Waals surface area contributed by atoms with Crippen molar-refractivity contribution in [1.82, 2.24) is 10.6 Å². The van der Waals surface area contributed by atoms with Gasteiger partial charge in [0.2, 0.25) is 5.91 Å². The third-order valence-corrected chi connectivity index (χ3v) is 1.46. The molecule has 0 aliphatic carbocycles. The van der Waals surface area contributed by atoms with Gasteiger partial charge in [0.25, 0.3) is 0 Å². The second-order valence-electron chi connectivity index (χ2n) is 2.50. The lowest BCUT2D eigenvalue weighted by Gasteiger charge is -2.10. The molecule has 0 aliphatic rings. The average molecular weight is 178 g/mol. The molecule has 70 valence electrons. The summed E-state index contributed by atoms with van der Waals surface area (Å²) in [5, 5.41) is 5.44. The Morgan fingerprint density at radius 3 is 2.69 bits per heavy atom. The minimum atomic E-state index is -0.180. The lowest BCUT2D eigenvalue weighted by Crippen LogP contribution is -2.39. The van der Waals surface area contributed by atoms with E-state index >= 15 is 0 Å². The maximum atomic E-state index is 11.1. The summed E-state index contributed by atoms with van der Waals surface area (Å²) in [6, 6.07) is -0.180. The Bertz CT molecular complexity index is 234. The van der Waals surface area contributed by atoms with Crippen LogP contribution >= 0.6 is 0 Å². The van der Waals surface area contributed by atoms with E-state index in [1.165, 1.54) is 0 Å². The van der Waals surface area contributed by atoms with Crippen molar-refractivity contribution in [2.24, 2.45) is 0 Å². The fraction of sp³-hybridized carbons (Fsp3) is 0.500. The Labute approximate surface area is 79.3 Å². The van der Waals surface area contributed by atoms with E-state index < -0.39 is 0 Å². The number of carbonyl (C=O) groups is 1. The van der Waals surface area contributed by atoms with Gasteiger partial charge in [-0.15, -0.1) is 12.8 Å². The van der Waals surface area contributed by atoms with Crippen molar-refractivity contribution in [3.05, 3.63) is 0 Å². The molecule has 2 N–H and O–H groups in total. The van der Waals surface area contributed by atoms with Crippen molar-refractivity contribution in [3.63, 3.8) is 0 Å². The molecule has 0 aliphatic heterocycles. The first-order chi connectivity index (χ1) is 6.24. The minimum Gasteiger partial charge on any atom is -0.341 e. The molecular weight excluding hydrogens is 164 g/mol. The van der Waals surface area contributed by atoms with E-state index in [9.17, 15) is 4.79 Å². The summed E-state index contributed by atoms with van der Waals surface area (Å²) >= 11 is 0. The van der Waals surface area contributed by atoms with Crippen molar-refractivity contribution in [2.75, 3.05) is 13.1 Å². The highest BCUT2D eigenvalue weighted by molar-refractivity contribution is 5.78. The number of carbonyl (C=O) groups excluding carboxylic acids is 1. The molecule has 0 aromatic carbocycles. The van der Waals surface area contributed by atoms with Crippen molar-refractivity contribution in [3.8, 4) is 24.7 Å². The normalized spacial score (nSPS) is 11.0. The molecule has 0 fully saturated rings. The highest BCUT2D eigenvalue weighted by Crippen LogP contribution is 1.86. The second kappa shape index (κ2) is 7.21. The molecule has 13 heavy (non-hydrogen) atoms. The fourth-order valence-electron chi connectivity index (χ4n) is 0.755. The topological polar surface area (TPSA) is 41.1 Å². The summed E-state index contributed by atoms with van der Waals surface area (Å²) in [6.45, 7) is 2.52. The van der Waals surface area contributed by atoms with E-state index in [0.29, 0.717) is 6.54 Å². The van der Waals surface area contributed by atoms with Crippen molar-refractivity contribution in [2.45, 2.75) is 19.4 Å². The summed E-state index contributed by atoms with van der Waals surface area (Å²) in [4.78, 5) is 11.1. The van der Waals surface area contributed by atoms with Crippen LogP contribution in [-0.2, 0) is 4.79 Å². The van der Waals surface area contributed by atoms with Crippen molar-refractivity contribution >= 4 is 5.91 Å². The lowest BCUT2D eigenvalue weighted by molar-refractivity contribution is -0.120. The number of hydrogen-bond donors (Lipinski definition) is 2. The van der Waals surface area contributed by atoms with Crippen molar-refractivity contribution in [1.29, 1.82) is 0 Å². The number of terminal acetylenes is 2. The predicted octanol–water partition coefficient (Wildman–Crippen LogP) is -0.263. The maximum absolute atomic E-state index is 11.1. The summed E-state index contributed by atoms with van der Waals surface area (Å²) in [6.07, 6.45) is 10.9. The van der Waals surface area contributed by atoms with E-state index in [0.717, 1.165) is 6.42 Å². The first-order valence-electron chi connectivity index (χ1n) is 4.14. The minimum absolute atomic E-state index is 0.125. The van der Waals surface area contributed by atoms with Crippen LogP contribution in [-0.4, -0.2) is 25.0 Å². The molecule has 1 atom stereocenters. The Morgan fingerprint density at radius 2 is 2.23 bits per heavy atom. The second-order valence-corrected chi connectivity index (χ2v) is 2.50. The van der Waals surface area contributed by atoms with Crippen LogP contribution in [0.3, 0.4) is 0 Å². The largest absolute Gasteiger partial charge is 0.341 e. The Balaban J connectivity index is 3.63. The molecule has 0 rings (SSSR count). The molecule has 0 saturated heterocycles. The van der Waals surface area contributed by atoms with Gasteiger partial charge in [-0.05, 0) is 6.42 Å². The molecule has 0 bridgehead atoms. The van der Waals surface area contributed by atoms with Gasteiger partial charge < -0.3 is 5.32 Å². The average Bonchev–Trinajstić information content (AvgIpc) is 2.14. The predicted molar refractivity (Wildman–Crippen MR) is 52.8 cm³/mol. The highest BCUT2D eigenvalue weighted by atomic mass is 16.1. The Hall–Kier alpha value is -1.45. The van der Waals surface area contributed by atoms with Gasteiger partial charge in [0, 0.05) is 0 Å². The molecule has 0 spiro atoms. The van der Waals surface area contributed by atoms with Gasteiger partial charge in [-0.25, -0.2) is 0 Å². The Morgan fingerprint density at radius 1 is 1.54 bits per heavy atom. The van der Waals surface area contributed by atoms with E-state index in [1.54, 1.807) is 0 Å². The van der Waals surface area contributed by atoms with Crippen LogP contribution in [0.25, 0.3) is 0 Å². The third kappa shape index (κ3) is 5.78.